The summed E-state index contributed by atoms with van der Waals surface area (Å²) in [5, 5.41) is 14.0. The van der Waals surface area contributed by atoms with Gasteiger partial charge in [0.25, 0.3) is 10.0 Å². The van der Waals surface area contributed by atoms with E-state index in [0.717, 1.165) is 16.8 Å². The molecule has 1 atom stereocenters. The van der Waals surface area contributed by atoms with Gasteiger partial charge in [0.1, 0.15) is 11.5 Å². The van der Waals surface area contributed by atoms with Gasteiger partial charge in [0.2, 0.25) is 0 Å². The second kappa shape index (κ2) is 9.33. The molecule has 2 aliphatic rings. The lowest BCUT2D eigenvalue weighted by Gasteiger charge is -2.44. The molecule has 1 saturated heterocycles. The van der Waals surface area contributed by atoms with Gasteiger partial charge < -0.3 is 0 Å². The lowest BCUT2D eigenvalue weighted by atomic mass is 9.65. The minimum absolute atomic E-state index is 0.0173. The van der Waals surface area contributed by atoms with Gasteiger partial charge in [-0.3, -0.25) is 4.79 Å². The van der Waals surface area contributed by atoms with Crippen LogP contribution in [0.3, 0.4) is 0 Å². The van der Waals surface area contributed by atoms with Crippen molar-refractivity contribution < 1.29 is 17.6 Å². The molecule has 1 fully saturated rings. The van der Waals surface area contributed by atoms with E-state index >= 15 is 0 Å². The van der Waals surface area contributed by atoms with Crippen LogP contribution in [0.15, 0.2) is 58.1 Å². The lowest BCUT2D eigenvalue weighted by molar-refractivity contribution is 0.0770. The maximum atomic E-state index is 14.1. The van der Waals surface area contributed by atoms with Crippen LogP contribution >= 0.6 is 11.3 Å². The molecule has 3 aromatic heterocycles. The van der Waals surface area contributed by atoms with E-state index in [2.05, 4.69) is 20.4 Å². The lowest BCUT2D eigenvalue weighted by Crippen LogP contribution is -2.53. The van der Waals surface area contributed by atoms with Crippen LogP contribution in [-0.4, -0.2) is 61.4 Å². The van der Waals surface area contributed by atoms with Crippen LogP contribution in [0.1, 0.15) is 41.5 Å². The Morgan fingerprint density at radius 1 is 1.21 bits per heavy atom. The molecule has 0 N–H and O–H groups in total. The molecule has 1 aromatic carbocycles. The molecule has 38 heavy (non-hydrogen) atoms. The molecule has 0 bridgehead atoms. The second-order valence-electron chi connectivity index (χ2n) is 9.46. The number of hydrogen-bond donors (Lipinski definition) is 0. The predicted molar refractivity (Wildman–Crippen MR) is 138 cm³/mol. The van der Waals surface area contributed by atoms with Gasteiger partial charge in [0.05, 0.1) is 34.7 Å². The number of thiazole rings is 1. The number of sulfonamides is 1. The summed E-state index contributed by atoms with van der Waals surface area (Å²) in [6.07, 6.45) is 6.22. The summed E-state index contributed by atoms with van der Waals surface area (Å²) in [4.78, 5) is 18.3. The molecular weight excluding hydrogens is 529 g/mol. The van der Waals surface area contributed by atoms with Crippen molar-refractivity contribution in [1.82, 2.24) is 34.1 Å². The number of carbonyl (C=O) groups is 1. The number of Topliss-reactive ketones (excluding diaryl/α,β-unsaturated/α-hetero) is 1. The average Bonchev–Trinajstić information content (AvgIpc) is 3.69. The maximum Gasteiger partial charge on any atom is 0.261 e. The minimum atomic E-state index is -3.96. The van der Waals surface area contributed by atoms with Gasteiger partial charge in [-0.2, -0.15) is 9.40 Å². The highest BCUT2D eigenvalue weighted by Crippen LogP contribution is 2.47. The van der Waals surface area contributed by atoms with Crippen molar-refractivity contribution in [2.45, 2.75) is 37.8 Å². The molecule has 196 valence electrons. The number of hydrogen-bond acceptors (Lipinski definition) is 8. The molecule has 4 heterocycles. The molecule has 0 radical (unpaired) electrons. The first-order valence-electron chi connectivity index (χ1n) is 12.2. The van der Waals surface area contributed by atoms with Crippen LogP contribution in [0.4, 0.5) is 4.39 Å². The number of benzene rings is 1. The van der Waals surface area contributed by atoms with Gasteiger partial charge in [-0.25, -0.2) is 27.2 Å². The van der Waals surface area contributed by atoms with Gasteiger partial charge in [0.15, 0.2) is 10.8 Å². The van der Waals surface area contributed by atoms with Crippen LogP contribution in [-0.2, 0) is 23.0 Å². The summed E-state index contributed by atoms with van der Waals surface area (Å²) >= 11 is 1.32. The van der Waals surface area contributed by atoms with Crippen molar-refractivity contribution in [3.63, 3.8) is 0 Å². The Bertz CT molecular complexity index is 1640. The molecule has 0 spiro atoms. The average molecular weight is 554 g/mol. The van der Waals surface area contributed by atoms with Gasteiger partial charge >= 0.3 is 0 Å². The van der Waals surface area contributed by atoms with E-state index in [0.29, 0.717) is 30.8 Å². The van der Waals surface area contributed by atoms with Crippen molar-refractivity contribution in [2.75, 3.05) is 13.1 Å². The first kappa shape index (κ1) is 24.8. The standard InChI is InChI=1S/C25H24FN7O3S2/c1-2-8-32-23(13-28-30-32)38(35,36)31-9-7-18-10-22-17(12-29-33(22)20-5-3-19(26)4-6-20)11-25(18,15-31)24(34)21-14-37-16-27-21/h3-6,10,12-14,16H,2,7-9,11,15H2,1H3/t25-/m0/s1. The first-order valence-corrected chi connectivity index (χ1v) is 14.6. The third-order valence-electron chi connectivity index (χ3n) is 7.17. The van der Waals surface area contributed by atoms with Crippen molar-refractivity contribution in [2.24, 2.45) is 5.41 Å². The number of aryl methyl sites for hydroxylation is 1. The number of fused-ring (bicyclic) bond motifs is 2. The zero-order chi connectivity index (χ0) is 26.5. The summed E-state index contributed by atoms with van der Waals surface area (Å²) in [5.74, 6) is -0.560. The molecule has 1 aliphatic heterocycles. The van der Waals surface area contributed by atoms with Crippen molar-refractivity contribution in [1.29, 1.82) is 0 Å². The fourth-order valence-corrected chi connectivity index (χ4v) is 7.42. The van der Waals surface area contributed by atoms with E-state index in [9.17, 15) is 17.6 Å². The van der Waals surface area contributed by atoms with Crippen molar-refractivity contribution in [3.05, 3.63) is 75.9 Å². The van der Waals surface area contributed by atoms with Crippen LogP contribution in [0.5, 0.6) is 0 Å². The van der Waals surface area contributed by atoms with Gasteiger partial charge in [0, 0.05) is 25.0 Å². The number of piperidine rings is 1. The third-order valence-corrected chi connectivity index (χ3v) is 9.60. The molecule has 0 saturated carbocycles. The van der Waals surface area contributed by atoms with Crippen molar-refractivity contribution >= 4 is 33.2 Å². The minimum Gasteiger partial charge on any atom is -0.291 e. The van der Waals surface area contributed by atoms with Crippen LogP contribution in [0.25, 0.3) is 11.8 Å². The highest BCUT2D eigenvalue weighted by Gasteiger charge is 2.51. The zero-order valence-corrected chi connectivity index (χ0v) is 22.1. The Hall–Kier alpha value is -3.55. The number of nitrogens with zero attached hydrogens (tertiary/aromatic N) is 7. The van der Waals surface area contributed by atoms with E-state index in [1.54, 1.807) is 33.9 Å². The van der Waals surface area contributed by atoms with E-state index in [-0.39, 0.29) is 36.1 Å². The molecule has 4 aromatic rings. The smallest absolute Gasteiger partial charge is 0.261 e. The second-order valence-corrected chi connectivity index (χ2v) is 12.1. The fourth-order valence-electron chi connectivity index (χ4n) is 5.33. The topological polar surface area (TPSA) is 116 Å². The molecule has 1 aliphatic carbocycles. The summed E-state index contributed by atoms with van der Waals surface area (Å²) in [7, 11) is -3.96. The van der Waals surface area contributed by atoms with E-state index in [1.165, 1.54) is 38.7 Å². The molecule has 10 nitrogen and oxygen atoms in total. The monoisotopic (exact) mass is 553 g/mol. The fraction of sp³-hybridized carbons (Fsp3) is 0.320. The molecule has 0 amide bonds. The number of ketones is 1. The molecule has 0 unspecified atom stereocenters. The summed E-state index contributed by atoms with van der Waals surface area (Å²) < 4.78 is 45.5. The highest BCUT2D eigenvalue weighted by atomic mass is 32.2. The highest BCUT2D eigenvalue weighted by molar-refractivity contribution is 7.89. The summed E-state index contributed by atoms with van der Waals surface area (Å²) in [5.41, 5.74) is 3.91. The zero-order valence-electron chi connectivity index (χ0n) is 20.5. The maximum absolute atomic E-state index is 14.1. The number of aromatic nitrogens is 6. The van der Waals surface area contributed by atoms with Gasteiger partial charge in [-0.05, 0) is 55.2 Å². The largest absolute Gasteiger partial charge is 0.291 e. The van der Waals surface area contributed by atoms with Crippen LogP contribution in [0.2, 0.25) is 0 Å². The van der Waals surface area contributed by atoms with Gasteiger partial charge in [-0.15, -0.1) is 16.4 Å². The van der Waals surface area contributed by atoms with E-state index in [1.807, 2.05) is 13.0 Å². The van der Waals surface area contributed by atoms with E-state index < -0.39 is 15.4 Å². The van der Waals surface area contributed by atoms with Crippen LogP contribution in [0, 0.1) is 11.2 Å². The number of carbonyl (C=O) groups excluding carboxylic acids is 1. The molecule has 6 rings (SSSR count). The Morgan fingerprint density at radius 3 is 2.76 bits per heavy atom. The summed E-state index contributed by atoms with van der Waals surface area (Å²) in [6, 6.07) is 6.03. The van der Waals surface area contributed by atoms with E-state index in [4.69, 9.17) is 0 Å². The molecule has 13 heteroatoms. The Morgan fingerprint density at radius 2 is 2.03 bits per heavy atom. The Labute approximate surface area is 222 Å². The summed E-state index contributed by atoms with van der Waals surface area (Å²) in [6.45, 7) is 2.53. The van der Waals surface area contributed by atoms with Crippen LogP contribution < -0.4 is 0 Å². The number of rotatable bonds is 7. The predicted octanol–water partition coefficient (Wildman–Crippen LogP) is 3.37. The third kappa shape index (κ3) is 3.92. The Kier molecular flexibility index (Phi) is 6.08. The quantitative estimate of drug-likeness (QED) is 0.322. The SMILES string of the molecule is CCCn1nncc1S(=O)(=O)N1CCC2=Cc3c(cnn3-c3ccc(F)cc3)C[C@]2(C(=O)c2cscn2)C1. The normalized spacial score (nSPS) is 19.6. The first-order chi connectivity index (χ1) is 18.3. The molecular formula is C25H24FN7O3S2. The van der Waals surface area contributed by atoms with Crippen molar-refractivity contribution in [3.8, 4) is 5.69 Å². The number of halogens is 1. The Balaban J connectivity index is 1.43. The van der Waals surface area contributed by atoms with Gasteiger partial charge in [-0.1, -0.05) is 17.7 Å².